The van der Waals surface area contributed by atoms with Crippen molar-refractivity contribution in [2.45, 2.75) is 89.5 Å². The molecule has 1 atom stereocenters. The molecule has 2 aliphatic rings. The second kappa shape index (κ2) is 11.6. The monoisotopic (exact) mass is 352 g/mol. The summed E-state index contributed by atoms with van der Waals surface area (Å²) in [7, 11) is 0. The van der Waals surface area contributed by atoms with Crippen molar-refractivity contribution in [2.75, 3.05) is 19.6 Å². The van der Waals surface area contributed by atoms with E-state index in [0.29, 0.717) is 6.42 Å². The Hall–Kier alpha value is -0.940. The summed E-state index contributed by atoms with van der Waals surface area (Å²) in [6.07, 6.45) is 14.5. The van der Waals surface area contributed by atoms with E-state index in [1.54, 1.807) is 0 Å². The lowest BCUT2D eigenvalue weighted by atomic mass is 9.86. The molecule has 25 heavy (non-hydrogen) atoms. The minimum Gasteiger partial charge on any atom is -0.330 e. The Balaban J connectivity index is 1.66. The number of nitrogens with two attached hydrogens (primary N) is 2. The lowest BCUT2D eigenvalue weighted by Gasteiger charge is -2.24. The Morgan fingerprint density at radius 2 is 1.76 bits per heavy atom. The number of likely N-dealkylation sites (tertiary alicyclic amines) is 1. The molecule has 1 saturated heterocycles. The first-order valence-corrected chi connectivity index (χ1v) is 10.6. The van der Waals surface area contributed by atoms with Gasteiger partial charge in [0.05, 0.1) is 6.54 Å². The second-order valence-electron chi connectivity index (χ2n) is 7.89. The standard InChI is InChI=1S/C20H37N3O2/c21-14-5-2-6-15-22-20(25)18-12-8-16-23(18)19(24)13-7-11-17-9-3-1-4-10-17/h17-18H,1-16,21H2,(H,22,25)/p+1. The van der Waals surface area contributed by atoms with Crippen molar-refractivity contribution in [1.29, 1.82) is 0 Å². The van der Waals surface area contributed by atoms with Crippen LogP contribution in [0.1, 0.15) is 83.5 Å². The average molecular weight is 353 g/mol. The van der Waals surface area contributed by atoms with Crippen LogP contribution in [0, 0.1) is 5.92 Å². The Bertz CT molecular complexity index is 408. The normalized spacial score (nSPS) is 21.6. The van der Waals surface area contributed by atoms with Crippen LogP contribution < -0.4 is 11.1 Å². The van der Waals surface area contributed by atoms with Gasteiger partial charge in [0, 0.05) is 13.0 Å². The molecular weight excluding hydrogens is 314 g/mol. The first-order chi connectivity index (χ1) is 12.2. The third-order valence-electron chi connectivity index (χ3n) is 5.88. The minimum absolute atomic E-state index is 0.158. The van der Waals surface area contributed by atoms with Gasteiger partial charge in [-0.2, -0.15) is 0 Å². The molecule has 1 aliphatic carbocycles. The molecule has 0 aromatic rings. The van der Waals surface area contributed by atoms with E-state index in [9.17, 15) is 9.59 Å². The Morgan fingerprint density at radius 3 is 2.52 bits per heavy atom. The Morgan fingerprint density at radius 1 is 0.960 bits per heavy atom. The van der Waals surface area contributed by atoms with Crippen molar-refractivity contribution < 1.29 is 14.9 Å². The zero-order chi connectivity index (χ0) is 17.9. The molecule has 5 heteroatoms. The summed E-state index contributed by atoms with van der Waals surface area (Å²) in [5, 5.41) is 1.81. The number of primary amides is 1. The van der Waals surface area contributed by atoms with Crippen LogP contribution in [0.3, 0.4) is 0 Å². The van der Waals surface area contributed by atoms with Crippen molar-refractivity contribution in [3.05, 3.63) is 0 Å². The quantitative estimate of drug-likeness (QED) is 0.590. The van der Waals surface area contributed by atoms with Crippen molar-refractivity contribution in [3.8, 4) is 0 Å². The number of rotatable bonds is 10. The number of amides is 2. The van der Waals surface area contributed by atoms with E-state index < -0.39 is 0 Å². The molecule has 0 aromatic heterocycles. The fraction of sp³-hybridized carbons (Fsp3) is 0.900. The Kier molecular flexibility index (Phi) is 9.48. The molecule has 0 aromatic carbocycles. The predicted molar refractivity (Wildman–Crippen MR) is 99.9 cm³/mol. The molecule has 2 rings (SSSR count). The fourth-order valence-electron chi connectivity index (χ4n) is 4.37. The zero-order valence-electron chi connectivity index (χ0n) is 15.9. The highest BCUT2D eigenvalue weighted by atomic mass is 16.2. The van der Waals surface area contributed by atoms with E-state index in [4.69, 9.17) is 5.73 Å². The van der Waals surface area contributed by atoms with Gasteiger partial charge in [-0.1, -0.05) is 32.1 Å². The first-order valence-electron chi connectivity index (χ1n) is 10.6. The molecule has 144 valence electrons. The maximum atomic E-state index is 12.6. The van der Waals surface area contributed by atoms with Crippen molar-refractivity contribution in [2.24, 2.45) is 11.7 Å². The van der Waals surface area contributed by atoms with Crippen LogP contribution in [0.5, 0.6) is 0 Å². The summed E-state index contributed by atoms with van der Waals surface area (Å²) >= 11 is 0. The molecule has 5 nitrogen and oxygen atoms in total. The third kappa shape index (κ3) is 7.06. The van der Waals surface area contributed by atoms with Gasteiger partial charge in [-0.15, -0.1) is 0 Å². The van der Waals surface area contributed by atoms with Gasteiger partial charge in [0.1, 0.15) is 6.04 Å². The molecule has 2 amide bonds. The number of quaternary nitrogens is 1. The van der Waals surface area contributed by atoms with E-state index in [1.165, 1.54) is 38.5 Å². The minimum atomic E-state index is -0.184. The lowest BCUT2D eigenvalue weighted by molar-refractivity contribution is -0.571. The number of unbranched alkanes of at least 4 members (excludes halogenated alkanes) is 2. The van der Waals surface area contributed by atoms with Gasteiger partial charge in [-0.3, -0.25) is 10.1 Å². The Labute approximate surface area is 153 Å². The van der Waals surface area contributed by atoms with Gasteiger partial charge in [-0.25, -0.2) is 4.79 Å². The van der Waals surface area contributed by atoms with E-state index in [2.05, 4.69) is 0 Å². The van der Waals surface area contributed by atoms with Crippen LogP contribution in [0.15, 0.2) is 0 Å². The summed E-state index contributed by atoms with van der Waals surface area (Å²) in [6, 6.07) is -0.184. The summed E-state index contributed by atoms with van der Waals surface area (Å²) in [4.78, 5) is 26.9. The van der Waals surface area contributed by atoms with Crippen LogP contribution >= 0.6 is 0 Å². The van der Waals surface area contributed by atoms with Crippen LogP contribution in [0.4, 0.5) is 0 Å². The number of carbonyl (C=O) groups excluding carboxylic acids is 2. The predicted octanol–water partition coefficient (Wildman–Crippen LogP) is 1.95. The van der Waals surface area contributed by atoms with Crippen molar-refractivity contribution in [3.63, 3.8) is 0 Å². The van der Waals surface area contributed by atoms with Crippen LogP contribution in [-0.4, -0.2) is 42.4 Å². The van der Waals surface area contributed by atoms with Crippen molar-refractivity contribution >= 4 is 11.8 Å². The summed E-state index contributed by atoms with van der Waals surface area (Å²) in [5.74, 6) is 1.19. The topological polar surface area (TPSA) is 80.0 Å². The van der Waals surface area contributed by atoms with Crippen LogP contribution in [-0.2, 0) is 9.59 Å². The van der Waals surface area contributed by atoms with Gasteiger partial charge in [0.25, 0.3) is 0 Å². The average Bonchev–Trinajstić information content (AvgIpc) is 3.12. The highest BCUT2D eigenvalue weighted by Gasteiger charge is 2.35. The van der Waals surface area contributed by atoms with Crippen LogP contribution in [0.25, 0.3) is 0 Å². The van der Waals surface area contributed by atoms with E-state index >= 15 is 0 Å². The molecule has 1 unspecified atom stereocenters. The van der Waals surface area contributed by atoms with Gasteiger partial charge in [0.15, 0.2) is 0 Å². The van der Waals surface area contributed by atoms with E-state index in [1.807, 2.05) is 10.2 Å². The largest absolute Gasteiger partial charge is 0.333 e. The fourth-order valence-corrected chi connectivity index (χ4v) is 4.37. The van der Waals surface area contributed by atoms with Crippen molar-refractivity contribution in [1.82, 2.24) is 4.90 Å². The van der Waals surface area contributed by atoms with E-state index in [-0.39, 0.29) is 17.9 Å². The number of hydrogen-bond acceptors (Lipinski definition) is 3. The van der Waals surface area contributed by atoms with Gasteiger partial charge < -0.3 is 10.6 Å². The smallest absolute Gasteiger partial charge is 0.330 e. The number of carbonyl (C=O) groups is 2. The molecule has 4 N–H and O–H groups in total. The van der Waals surface area contributed by atoms with Gasteiger partial charge in [-0.05, 0) is 57.4 Å². The number of hydrogen-bond donors (Lipinski definition) is 2. The maximum Gasteiger partial charge on any atom is 0.333 e. The third-order valence-corrected chi connectivity index (χ3v) is 5.88. The van der Waals surface area contributed by atoms with Gasteiger partial charge >= 0.3 is 5.91 Å². The molecule has 1 heterocycles. The molecule has 0 bridgehead atoms. The summed E-state index contributed by atoms with van der Waals surface area (Å²) < 4.78 is 0. The zero-order valence-corrected chi connectivity index (χ0v) is 15.9. The molecule has 1 aliphatic heterocycles. The lowest BCUT2D eigenvalue weighted by Crippen LogP contribution is -2.91. The molecule has 0 radical (unpaired) electrons. The maximum absolute atomic E-state index is 12.6. The molecule has 2 fully saturated rings. The molecule has 1 saturated carbocycles. The van der Waals surface area contributed by atoms with Gasteiger partial charge in [0.2, 0.25) is 5.91 Å². The molecule has 0 spiro atoms. The number of nitrogens with zero attached hydrogens (tertiary/aromatic N) is 1. The SMILES string of the molecule is NCCCCC[NH2+]C(=O)C1CCCN1C(=O)CCCC1CCCCC1. The second-order valence-corrected chi connectivity index (χ2v) is 7.89. The van der Waals surface area contributed by atoms with Crippen LogP contribution in [0.2, 0.25) is 0 Å². The first kappa shape index (κ1) is 20.4. The highest BCUT2D eigenvalue weighted by molar-refractivity contribution is 5.83. The summed E-state index contributed by atoms with van der Waals surface area (Å²) in [5.41, 5.74) is 5.49. The summed E-state index contributed by atoms with van der Waals surface area (Å²) in [6.45, 7) is 2.30. The highest BCUT2D eigenvalue weighted by Crippen LogP contribution is 2.28. The molecular formula is C20H38N3O2+. The van der Waals surface area contributed by atoms with E-state index in [0.717, 1.165) is 64.1 Å².